The molecule has 3 rings (SSSR count). The molecule has 0 amide bonds. The predicted molar refractivity (Wildman–Crippen MR) is 133 cm³/mol. The van der Waals surface area contributed by atoms with Crippen LogP contribution in [0.15, 0.2) is 35.3 Å². The largest absolute Gasteiger partial charge is 0.378 e. The molecule has 1 aromatic carbocycles. The summed E-state index contributed by atoms with van der Waals surface area (Å²) < 4.78 is 5.77. The Morgan fingerprint density at radius 3 is 2.34 bits per heavy atom. The van der Waals surface area contributed by atoms with E-state index in [0.29, 0.717) is 12.1 Å². The topological polar surface area (TPSA) is 43.3 Å². The molecule has 2 heterocycles. The van der Waals surface area contributed by atoms with E-state index in [0.717, 1.165) is 71.2 Å². The molecule has 0 bridgehead atoms. The molecule has 1 atom stereocenters. The van der Waals surface area contributed by atoms with E-state index in [-0.39, 0.29) is 24.0 Å². The van der Waals surface area contributed by atoms with E-state index in [9.17, 15) is 0 Å². The van der Waals surface area contributed by atoms with Crippen LogP contribution < -0.4 is 10.2 Å². The second-order valence-corrected chi connectivity index (χ2v) is 7.78. The van der Waals surface area contributed by atoms with Crippen molar-refractivity contribution in [3.05, 3.63) is 30.3 Å². The second kappa shape index (κ2) is 12.6. The molecule has 2 saturated heterocycles. The standard InChI is InChI=1S/C22H37N5O.HI/c1-4-28-21-10-12-27(13-11-21)22(23-3)24-18-19(2)25-14-16-26(17-15-25)20-8-6-5-7-9-20;/h5-9,19,21H,4,10-18H2,1-3H3,(H,23,24);1H. The summed E-state index contributed by atoms with van der Waals surface area (Å²) in [6, 6.07) is 11.2. The van der Waals surface area contributed by atoms with Crippen LogP contribution in [0.25, 0.3) is 0 Å². The van der Waals surface area contributed by atoms with Gasteiger partial charge in [0, 0.05) is 71.2 Å². The van der Waals surface area contributed by atoms with Gasteiger partial charge in [-0.1, -0.05) is 18.2 Å². The van der Waals surface area contributed by atoms with Crippen molar-refractivity contribution in [2.24, 2.45) is 4.99 Å². The third-order valence-electron chi connectivity index (χ3n) is 5.97. The van der Waals surface area contributed by atoms with Gasteiger partial charge in [0.15, 0.2) is 5.96 Å². The van der Waals surface area contributed by atoms with Gasteiger partial charge in [0.2, 0.25) is 0 Å². The zero-order valence-corrected chi connectivity index (χ0v) is 20.5. The highest BCUT2D eigenvalue weighted by Crippen LogP contribution is 2.17. The van der Waals surface area contributed by atoms with Gasteiger partial charge in [0.05, 0.1) is 6.10 Å². The smallest absolute Gasteiger partial charge is 0.193 e. The molecule has 164 valence electrons. The van der Waals surface area contributed by atoms with E-state index in [1.807, 2.05) is 7.05 Å². The summed E-state index contributed by atoms with van der Waals surface area (Å²) in [5.74, 6) is 1.03. The fourth-order valence-electron chi connectivity index (χ4n) is 4.23. The van der Waals surface area contributed by atoms with Crippen LogP contribution in [0.3, 0.4) is 0 Å². The van der Waals surface area contributed by atoms with Crippen molar-refractivity contribution in [3.8, 4) is 0 Å². The van der Waals surface area contributed by atoms with Gasteiger partial charge >= 0.3 is 0 Å². The lowest BCUT2D eigenvalue weighted by atomic mass is 10.1. The first-order valence-corrected chi connectivity index (χ1v) is 10.8. The first-order chi connectivity index (χ1) is 13.7. The Kier molecular flexibility index (Phi) is 10.5. The van der Waals surface area contributed by atoms with Crippen molar-refractivity contribution in [3.63, 3.8) is 0 Å². The highest BCUT2D eigenvalue weighted by atomic mass is 127. The van der Waals surface area contributed by atoms with E-state index in [1.165, 1.54) is 5.69 Å². The maximum absolute atomic E-state index is 5.77. The summed E-state index contributed by atoms with van der Waals surface area (Å²) >= 11 is 0. The van der Waals surface area contributed by atoms with Crippen LogP contribution in [0.1, 0.15) is 26.7 Å². The normalized spacial score (nSPS) is 20.3. The van der Waals surface area contributed by atoms with Crippen molar-refractivity contribution in [2.45, 2.75) is 38.8 Å². The molecule has 2 aliphatic rings. The van der Waals surface area contributed by atoms with Gasteiger partial charge in [-0.05, 0) is 38.8 Å². The van der Waals surface area contributed by atoms with E-state index in [2.05, 4.69) is 69.2 Å². The summed E-state index contributed by atoms with van der Waals surface area (Å²) in [5, 5.41) is 3.61. The number of aliphatic imine (C=N–C) groups is 1. The van der Waals surface area contributed by atoms with Gasteiger partial charge in [0.1, 0.15) is 0 Å². The Bertz CT molecular complexity index is 598. The van der Waals surface area contributed by atoms with Gasteiger partial charge in [-0.3, -0.25) is 9.89 Å². The average molecular weight is 515 g/mol. The summed E-state index contributed by atoms with van der Waals surface area (Å²) in [5.41, 5.74) is 1.34. The molecule has 0 spiro atoms. The van der Waals surface area contributed by atoms with Crippen molar-refractivity contribution in [1.82, 2.24) is 15.1 Å². The number of nitrogens with zero attached hydrogens (tertiary/aromatic N) is 4. The number of anilines is 1. The molecular formula is C22H38IN5O. The average Bonchev–Trinajstić information content (AvgIpc) is 2.76. The summed E-state index contributed by atoms with van der Waals surface area (Å²) in [6.45, 7) is 12.6. The fraction of sp³-hybridized carbons (Fsp3) is 0.682. The minimum atomic E-state index is 0. The Morgan fingerprint density at radius 2 is 1.76 bits per heavy atom. The number of piperazine rings is 1. The number of piperidine rings is 1. The first kappa shape index (κ1) is 24.2. The maximum Gasteiger partial charge on any atom is 0.193 e. The van der Waals surface area contributed by atoms with E-state index >= 15 is 0 Å². The molecule has 2 aliphatic heterocycles. The number of halogens is 1. The van der Waals surface area contributed by atoms with Gasteiger partial charge < -0.3 is 19.9 Å². The number of guanidine groups is 1. The Labute approximate surface area is 193 Å². The van der Waals surface area contributed by atoms with E-state index in [4.69, 9.17) is 4.74 Å². The lowest BCUT2D eigenvalue weighted by Gasteiger charge is -2.40. The lowest BCUT2D eigenvalue weighted by Crippen LogP contribution is -2.54. The van der Waals surface area contributed by atoms with Gasteiger partial charge in [-0.15, -0.1) is 24.0 Å². The van der Waals surface area contributed by atoms with Gasteiger partial charge in [-0.2, -0.15) is 0 Å². The van der Waals surface area contributed by atoms with Crippen LogP contribution in [0.2, 0.25) is 0 Å². The molecule has 2 fully saturated rings. The fourth-order valence-corrected chi connectivity index (χ4v) is 4.23. The van der Waals surface area contributed by atoms with Crippen LogP contribution in [-0.2, 0) is 4.74 Å². The zero-order valence-electron chi connectivity index (χ0n) is 18.2. The van der Waals surface area contributed by atoms with Crippen LogP contribution >= 0.6 is 24.0 Å². The third kappa shape index (κ3) is 7.00. The number of nitrogens with one attached hydrogen (secondary N) is 1. The monoisotopic (exact) mass is 515 g/mol. The van der Waals surface area contributed by atoms with Crippen LogP contribution in [0.4, 0.5) is 5.69 Å². The number of para-hydroxylation sites is 1. The van der Waals surface area contributed by atoms with Crippen LogP contribution in [0, 0.1) is 0 Å². The van der Waals surface area contributed by atoms with Gasteiger partial charge in [-0.25, -0.2) is 0 Å². The van der Waals surface area contributed by atoms with Crippen molar-refractivity contribution >= 4 is 35.6 Å². The molecule has 1 unspecified atom stereocenters. The van der Waals surface area contributed by atoms with E-state index in [1.54, 1.807) is 0 Å². The minimum Gasteiger partial charge on any atom is -0.378 e. The van der Waals surface area contributed by atoms with Crippen molar-refractivity contribution < 1.29 is 4.74 Å². The van der Waals surface area contributed by atoms with Crippen LogP contribution in [-0.4, -0.2) is 87.4 Å². The third-order valence-corrected chi connectivity index (χ3v) is 5.97. The Morgan fingerprint density at radius 1 is 1.10 bits per heavy atom. The SMILES string of the molecule is CCOC1CCN(C(=NC)NCC(C)N2CCN(c3ccccc3)CC2)CC1.I. The van der Waals surface area contributed by atoms with Crippen LogP contribution in [0.5, 0.6) is 0 Å². The molecular weight excluding hydrogens is 477 g/mol. The Balaban J connectivity index is 0.00000300. The summed E-state index contributed by atoms with van der Waals surface area (Å²) in [7, 11) is 1.89. The molecule has 7 heteroatoms. The highest BCUT2D eigenvalue weighted by Gasteiger charge is 2.24. The van der Waals surface area contributed by atoms with Crippen molar-refractivity contribution in [1.29, 1.82) is 0 Å². The second-order valence-electron chi connectivity index (χ2n) is 7.78. The first-order valence-electron chi connectivity index (χ1n) is 10.8. The number of benzene rings is 1. The number of hydrogen-bond donors (Lipinski definition) is 1. The molecule has 0 aromatic heterocycles. The molecule has 29 heavy (non-hydrogen) atoms. The number of likely N-dealkylation sites (tertiary alicyclic amines) is 1. The molecule has 0 radical (unpaired) electrons. The highest BCUT2D eigenvalue weighted by molar-refractivity contribution is 14.0. The van der Waals surface area contributed by atoms with Crippen molar-refractivity contribution in [2.75, 3.05) is 64.4 Å². The molecule has 0 saturated carbocycles. The molecule has 0 aliphatic carbocycles. The predicted octanol–water partition coefficient (Wildman–Crippen LogP) is 2.89. The number of ether oxygens (including phenoxy) is 1. The Hall–Kier alpha value is -1.06. The molecule has 1 aromatic rings. The summed E-state index contributed by atoms with van der Waals surface area (Å²) in [4.78, 5) is 12.0. The molecule has 6 nitrogen and oxygen atoms in total. The van der Waals surface area contributed by atoms with Gasteiger partial charge in [0.25, 0.3) is 0 Å². The number of hydrogen-bond acceptors (Lipinski definition) is 4. The quantitative estimate of drug-likeness (QED) is 0.359. The zero-order chi connectivity index (χ0) is 19.8. The van der Waals surface area contributed by atoms with E-state index < -0.39 is 0 Å². The summed E-state index contributed by atoms with van der Waals surface area (Å²) in [6.07, 6.45) is 2.59. The minimum absolute atomic E-state index is 0. The molecule has 1 N–H and O–H groups in total. The number of rotatable bonds is 6. The lowest BCUT2D eigenvalue weighted by molar-refractivity contribution is 0.0263. The maximum atomic E-state index is 5.77.